The fraction of sp³-hybridized carbons (Fsp3) is 0.345. The number of benzene rings is 1. The molecule has 1 amide bonds. The molecule has 1 aromatic heterocycles. The van der Waals surface area contributed by atoms with Crippen molar-refractivity contribution in [3.05, 3.63) is 77.7 Å². The molecule has 7 heteroatoms. The zero-order chi connectivity index (χ0) is 26.3. The quantitative estimate of drug-likeness (QED) is 0.315. The molecule has 1 aromatic carbocycles. The summed E-state index contributed by atoms with van der Waals surface area (Å²) in [4.78, 5) is 26.0. The third-order valence-electron chi connectivity index (χ3n) is 5.29. The molecule has 0 aliphatic heterocycles. The number of nitrogens with one attached hydrogen (secondary N) is 1. The van der Waals surface area contributed by atoms with Crippen molar-refractivity contribution in [2.45, 2.75) is 40.0 Å². The van der Waals surface area contributed by atoms with E-state index in [0.717, 1.165) is 41.6 Å². The Kier molecular flexibility index (Phi) is 12.0. The monoisotopic (exact) mass is 492 g/mol. The number of nitrogens with zero attached hydrogens (tertiary/aromatic N) is 1. The number of aliphatic carboxylic acids is 1. The van der Waals surface area contributed by atoms with Gasteiger partial charge in [-0.1, -0.05) is 36.4 Å². The number of aromatic nitrogens is 1. The first kappa shape index (κ1) is 28.4. The van der Waals surface area contributed by atoms with Gasteiger partial charge in [0.1, 0.15) is 0 Å². The summed E-state index contributed by atoms with van der Waals surface area (Å²) in [5.74, 6) is 0.349. The number of hydrogen-bond acceptors (Lipinski definition) is 5. The van der Waals surface area contributed by atoms with Gasteiger partial charge in [0.25, 0.3) is 0 Å². The van der Waals surface area contributed by atoms with E-state index in [1.807, 2.05) is 57.2 Å². The average molecular weight is 493 g/mol. The number of pyridine rings is 1. The Morgan fingerprint density at radius 3 is 2.47 bits per heavy atom. The van der Waals surface area contributed by atoms with E-state index < -0.39 is 5.97 Å². The molecule has 0 radical (unpaired) electrons. The van der Waals surface area contributed by atoms with Crippen LogP contribution in [0.1, 0.15) is 44.2 Å². The van der Waals surface area contributed by atoms with Crippen molar-refractivity contribution in [3.63, 3.8) is 0 Å². The van der Waals surface area contributed by atoms with Crippen LogP contribution in [0.5, 0.6) is 5.88 Å². The number of carboxylic acids is 1. The zero-order valence-electron chi connectivity index (χ0n) is 21.5. The molecule has 7 nitrogen and oxygen atoms in total. The minimum atomic E-state index is -0.878. The van der Waals surface area contributed by atoms with Crippen molar-refractivity contribution in [2.75, 3.05) is 20.3 Å². The number of rotatable bonds is 11. The van der Waals surface area contributed by atoms with Crippen molar-refractivity contribution in [3.8, 4) is 17.0 Å². The van der Waals surface area contributed by atoms with Crippen LogP contribution in [-0.2, 0) is 14.3 Å². The smallest absolute Gasteiger partial charge is 0.307 e. The van der Waals surface area contributed by atoms with Gasteiger partial charge in [0.05, 0.1) is 26.4 Å². The average Bonchev–Trinajstić information content (AvgIpc) is 3.70. The number of carbonyl (C=O) groups excluding carboxylic acids is 1. The molecule has 192 valence electrons. The van der Waals surface area contributed by atoms with Gasteiger partial charge in [-0.15, -0.1) is 0 Å². The highest BCUT2D eigenvalue weighted by atomic mass is 16.5. The first-order valence-electron chi connectivity index (χ1n) is 12.1. The van der Waals surface area contributed by atoms with E-state index in [1.54, 1.807) is 25.5 Å². The van der Waals surface area contributed by atoms with Crippen molar-refractivity contribution in [1.82, 2.24) is 10.3 Å². The highest BCUT2D eigenvalue weighted by molar-refractivity contribution is 5.80. The first-order valence-corrected chi connectivity index (χ1v) is 12.1. The highest BCUT2D eigenvalue weighted by Crippen LogP contribution is 2.28. The number of hydrogen-bond donors (Lipinski definition) is 2. The van der Waals surface area contributed by atoms with E-state index in [-0.39, 0.29) is 12.3 Å². The Balaban J connectivity index is 0.000000482. The predicted octanol–water partition coefficient (Wildman–Crippen LogP) is 5.56. The summed E-state index contributed by atoms with van der Waals surface area (Å²) < 4.78 is 10.2. The van der Waals surface area contributed by atoms with E-state index in [1.165, 1.54) is 6.26 Å². The Morgan fingerprint density at radius 1 is 1.17 bits per heavy atom. The van der Waals surface area contributed by atoms with E-state index in [9.17, 15) is 9.59 Å². The molecular weight excluding hydrogens is 456 g/mol. The molecule has 1 saturated carbocycles. The van der Waals surface area contributed by atoms with Crippen molar-refractivity contribution < 1.29 is 24.2 Å². The second-order valence-electron chi connectivity index (χ2n) is 8.27. The van der Waals surface area contributed by atoms with Gasteiger partial charge < -0.3 is 19.9 Å². The lowest BCUT2D eigenvalue weighted by atomic mass is 10.00. The summed E-state index contributed by atoms with van der Waals surface area (Å²) in [6.07, 6.45) is 12.6. The SMILES string of the molecule is CCNC(=O)C1CC1.CCOc1ccc(-c2ccc(/C=C/C(=C\C=C\OC)CC(=O)O)c(C)c2)cn1. The van der Waals surface area contributed by atoms with Gasteiger partial charge in [0.2, 0.25) is 11.8 Å². The summed E-state index contributed by atoms with van der Waals surface area (Å²) in [6, 6.07) is 9.97. The number of carboxylic acid groups (broad SMARTS) is 1. The van der Waals surface area contributed by atoms with Crippen LogP contribution in [0, 0.1) is 12.8 Å². The molecule has 0 bridgehead atoms. The van der Waals surface area contributed by atoms with Gasteiger partial charge in [-0.05, 0) is 68.0 Å². The minimum Gasteiger partial charge on any atom is -0.504 e. The number of ether oxygens (including phenoxy) is 2. The van der Waals surface area contributed by atoms with Gasteiger partial charge >= 0.3 is 5.97 Å². The molecule has 0 unspecified atom stereocenters. The fourth-order valence-electron chi connectivity index (χ4n) is 3.28. The Morgan fingerprint density at radius 2 is 1.92 bits per heavy atom. The van der Waals surface area contributed by atoms with Crippen molar-refractivity contribution >= 4 is 18.0 Å². The summed E-state index contributed by atoms with van der Waals surface area (Å²) in [5.41, 5.74) is 4.87. The van der Waals surface area contributed by atoms with Crippen LogP contribution in [0.2, 0.25) is 0 Å². The molecule has 36 heavy (non-hydrogen) atoms. The van der Waals surface area contributed by atoms with Crippen LogP contribution in [0.4, 0.5) is 0 Å². The number of allylic oxidation sites excluding steroid dienone is 3. The third kappa shape index (κ3) is 10.2. The maximum absolute atomic E-state index is 11.0. The van der Waals surface area contributed by atoms with Crippen LogP contribution < -0.4 is 10.1 Å². The molecule has 1 aliphatic carbocycles. The second kappa shape index (κ2) is 15.2. The zero-order valence-corrected chi connectivity index (χ0v) is 21.5. The lowest BCUT2D eigenvalue weighted by molar-refractivity contribution is -0.136. The predicted molar refractivity (Wildman–Crippen MR) is 143 cm³/mol. The number of carbonyl (C=O) groups is 2. The van der Waals surface area contributed by atoms with Crippen LogP contribution in [0.25, 0.3) is 17.2 Å². The van der Waals surface area contributed by atoms with Gasteiger partial charge in [-0.3, -0.25) is 9.59 Å². The molecule has 0 atom stereocenters. The van der Waals surface area contributed by atoms with Crippen LogP contribution in [0.15, 0.2) is 66.6 Å². The maximum atomic E-state index is 11.0. The Labute approximate surface area is 213 Å². The molecule has 1 heterocycles. The summed E-state index contributed by atoms with van der Waals surface area (Å²) in [7, 11) is 1.54. The largest absolute Gasteiger partial charge is 0.504 e. The van der Waals surface area contributed by atoms with Crippen molar-refractivity contribution in [2.24, 2.45) is 5.92 Å². The molecule has 1 aliphatic rings. The first-order chi connectivity index (χ1) is 17.4. The number of amides is 1. The Hall–Kier alpha value is -3.87. The fourth-order valence-corrected chi connectivity index (χ4v) is 3.28. The standard InChI is InChI=1S/C23H25NO4.C6H11NO/c1-4-28-22-12-11-21(16-24-22)20-10-9-19(17(2)14-20)8-7-18(15-23(25)26)6-5-13-27-3;1-2-7-6(8)5-3-4-5/h5-14,16H,4,15H2,1-3H3,(H,25,26);5H,2-4H2,1H3,(H,7,8)/b8-7+,13-5+,18-6+;. The molecule has 1 fully saturated rings. The van der Waals surface area contributed by atoms with Gasteiger partial charge in [0.15, 0.2) is 0 Å². The minimum absolute atomic E-state index is 0.0560. The molecule has 2 N–H and O–H groups in total. The summed E-state index contributed by atoms with van der Waals surface area (Å²) >= 11 is 0. The number of methoxy groups -OCH3 is 1. The molecule has 3 rings (SSSR count). The topological polar surface area (TPSA) is 97.8 Å². The molecule has 2 aromatic rings. The normalized spacial score (nSPS) is 13.3. The van der Waals surface area contributed by atoms with E-state index in [4.69, 9.17) is 14.6 Å². The number of aryl methyl sites for hydroxylation is 1. The third-order valence-corrected chi connectivity index (χ3v) is 5.29. The van der Waals surface area contributed by atoms with Crippen LogP contribution in [0.3, 0.4) is 0 Å². The van der Waals surface area contributed by atoms with E-state index in [2.05, 4.69) is 16.4 Å². The molecular formula is C29H36N2O5. The maximum Gasteiger partial charge on any atom is 0.307 e. The van der Waals surface area contributed by atoms with Crippen LogP contribution in [-0.4, -0.2) is 42.2 Å². The summed E-state index contributed by atoms with van der Waals surface area (Å²) in [5, 5.41) is 11.8. The van der Waals surface area contributed by atoms with Gasteiger partial charge in [-0.25, -0.2) is 4.98 Å². The molecule has 0 spiro atoms. The summed E-state index contributed by atoms with van der Waals surface area (Å²) in [6.45, 7) is 7.26. The lowest BCUT2D eigenvalue weighted by Crippen LogP contribution is -2.23. The lowest BCUT2D eigenvalue weighted by Gasteiger charge is -2.07. The van der Waals surface area contributed by atoms with Crippen LogP contribution >= 0.6 is 0 Å². The second-order valence-corrected chi connectivity index (χ2v) is 8.27. The Bertz CT molecular complexity index is 1080. The highest BCUT2D eigenvalue weighted by Gasteiger charge is 2.28. The van der Waals surface area contributed by atoms with E-state index >= 15 is 0 Å². The van der Waals surface area contributed by atoms with Crippen molar-refractivity contribution in [1.29, 1.82) is 0 Å². The molecule has 0 saturated heterocycles. The van der Waals surface area contributed by atoms with Gasteiger partial charge in [0, 0.05) is 30.3 Å². The van der Waals surface area contributed by atoms with E-state index in [0.29, 0.717) is 24.0 Å². The van der Waals surface area contributed by atoms with Gasteiger partial charge in [-0.2, -0.15) is 0 Å².